The van der Waals surface area contributed by atoms with Crippen molar-refractivity contribution >= 4 is 28.9 Å². The molecule has 0 bridgehead atoms. The SMILES string of the molecule is C=CCN(CC=C)[C@@H]1c2onc(OCc3ccccc3)c2C(=O)[C@@]2(O)C(=O)C3=C(O)c4c(OCc5ccccc5)cc(C5CCCN5)c(Cl)c4C[C@H]3C[C@@H]12. The number of carbonyl (C=O) groups is 2. The summed E-state index contributed by atoms with van der Waals surface area (Å²) in [6.45, 7) is 9.67. The highest BCUT2D eigenvalue weighted by molar-refractivity contribution is 6.33. The fraction of sp³-hybridized carbons (Fsp3) is 0.326. The summed E-state index contributed by atoms with van der Waals surface area (Å²) in [5.41, 5.74) is 0.894. The zero-order valence-corrected chi connectivity index (χ0v) is 30.6. The molecule has 4 aliphatic rings. The lowest BCUT2D eigenvalue weighted by atomic mass is 9.57. The van der Waals surface area contributed by atoms with Gasteiger partial charge in [-0.3, -0.25) is 14.5 Å². The third-order valence-corrected chi connectivity index (χ3v) is 11.7. The van der Waals surface area contributed by atoms with Crippen LogP contribution in [0.3, 0.4) is 0 Å². The maximum absolute atomic E-state index is 15.0. The van der Waals surface area contributed by atoms with Crippen LogP contribution in [0, 0.1) is 11.8 Å². The summed E-state index contributed by atoms with van der Waals surface area (Å²) in [5, 5.41) is 33.1. The molecule has 54 heavy (non-hydrogen) atoms. The minimum atomic E-state index is -2.57. The van der Waals surface area contributed by atoms with E-state index < -0.39 is 35.0 Å². The highest BCUT2D eigenvalue weighted by Gasteiger charge is 2.66. The molecule has 0 amide bonds. The van der Waals surface area contributed by atoms with Gasteiger partial charge in [0.2, 0.25) is 11.6 Å². The Morgan fingerprint density at radius 1 is 0.981 bits per heavy atom. The van der Waals surface area contributed by atoms with Gasteiger partial charge in [-0.2, -0.15) is 0 Å². The van der Waals surface area contributed by atoms with Crippen molar-refractivity contribution in [1.29, 1.82) is 0 Å². The number of ketones is 2. The molecule has 4 aromatic rings. The molecule has 11 heteroatoms. The molecule has 1 aliphatic heterocycles. The standard InChI is InChI=1S/C43H42ClN3O7/c1-3-18-47(19-4-2)37-30-21-27-20-29-34(32(52-23-25-12-7-5-8-13-25)22-28(36(29)44)31-16-11-17-45-31)38(48)33(27)40(49)43(30,51)41(50)35-39(37)54-46-42(35)53-24-26-14-9-6-10-15-26/h3-10,12-15,22,27,30-31,37,45,48,51H,1-2,11,16-21,23-24H2/t27-,30-,31?,37-,43-/m0/s1. The van der Waals surface area contributed by atoms with Crippen molar-refractivity contribution in [2.24, 2.45) is 11.8 Å². The van der Waals surface area contributed by atoms with E-state index in [1.165, 1.54) is 0 Å². The first-order valence-corrected chi connectivity index (χ1v) is 18.8. The summed E-state index contributed by atoms with van der Waals surface area (Å²) in [5.74, 6) is -3.19. The monoisotopic (exact) mass is 747 g/mol. The molecule has 5 atom stereocenters. The fourth-order valence-electron chi connectivity index (χ4n) is 8.81. The van der Waals surface area contributed by atoms with Crippen LogP contribution in [0.4, 0.5) is 0 Å². The normalized spacial score (nSPS) is 24.4. The average molecular weight is 748 g/mol. The predicted octanol–water partition coefficient (Wildman–Crippen LogP) is 7.28. The number of rotatable bonds is 12. The van der Waals surface area contributed by atoms with E-state index in [4.69, 9.17) is 25.6 Å². The van der Waals surface area contributed by atoms with Crippen molar-refractivity contribution in [2.45, 2.75) is 56.6 Å². The minimum Gasteiger partial charge on any atom is -0.507 e. The molecule has 8 rings (SSSR count). The molecule has 278 valence electrons. The number of ether oxygens (including phenoxy) is 2. The van der Waals surface area contributed by atoms with E-state index in [0.29, 0.717) is 35.0 Å². The van der Waals surface area contributed by atoms with Crippen molar-refractivity contribution in [3.63, 3.8) is 0 Å². The largest absolute Gasteiger partial charge is 0.507 e. The molecular weight excluding hydrogens is 706 g/mol. The third-order valence-electron chi connectivity index (χ3n) is 11.3. The first-order chi connectivity index (χ1) is 26.3. The number of nitrogens with zero attached hydrogens (tertiary/aromatic N) is 2. The molecule has 1 saturated carbocycles. The summed E-state index contributed by atoms with van der Waals surface area (Å²) in [4.78, 5) is 31.6. The van der Waals surface area contributed by atoms with E-state index in [1.807, 2.05) is 71.6 Å². The lowest BCUT2D eigenvalue weighted by Crippen LogP contribution is -2.63. The number of fused-ring (bicyclic) bond motifs is 4. The molecule has 0 spiro atoms. The van der Waals surface area contributed by atoms with Crippen LogP contribution in [0.5, 0.6) is 11.6 Å². The number of aromatic nitrogens is 1. The second-order valence-electron chi connectivity index (χ2n) is 14.5. The Bertz CT molecular complexity index is 2130. The first-order valence-electron chi connectivity index (χ1n) is 18.4. The van der Waals surface area contributed by atoms with Gasteiger partial charge >= 0.3 is 0 Å². The summed E-state index contributed by atoms with van der Waals surface area (Å²) in [6.07, 6.45) is 5.74. The van der Waals surface area contributed by atoms with Crippen LogP contribution in [0.25, 0.3) is 5.76 Å². The summed E-state index contributed by atoms with van der Waals surface area (Å²) in [6, 6.07) is 20.1. The molecule has 0 radical (unpaired) electrons. The minimum absolute atomic E-state index is 0.00219. The lowest BCUT2D eigenvalue weighted by Gasteiger charge is -2.50. The molecule has 3 N–H and O–H groups in total. The fourth-order valence-corrected chi connectivity index (χ4v) is 9.17. The predicted molar refractivity (Wildman–Crippen MR) is 203 cm³/mol. The maximum atomic E-state index is 15.0. The number of benzene rings is 3. The topological polar surface area (TPSA) is 134 Å². The van der Waals surface area contributed by atoms with Crippen LogP contribution >= 0.6 is 11.6 Å². The second-order valence-corrected chi connectivity index (χ2v) is 14.8. The zero-order chi connectivity index (χ0) is 37.6. The summed E-state index contributed by atoms with van der Waals surface area (Å²) in [7, 11) is 0. The molecule has 2 heterocycles. The van der Waals surface area contributed by atoms with Crippen molar-refractivity contribution in [2.75, 3.05) is 19.6 Å². The molecule has 3 aromatic carbocycles. The Morgan fingerprint density at radius 2 is 1.65 bits per heavy atom. The van der Waals surface area contributed by atoms with Crippen LogP contribution in [0.2, 0.25) is 5.02 Å². The van der Waals surface area contributed by atoms with Crippen LogP contribution in [0.15, 0.2) is 102 Å². The molecule has 1 aromatic heterocycles. The zero-order valence-electron chi connectivity index (χ0n) is 29.8. The number of hydrogen-bond acceptors (Lipinski definition) is 10. The van der Waals surface area contributed by atoms with Crippen LogP contribution in [0.1, 0.15) is 75.3 Å². The van der Waals surface area contributed by atoms with E-state index in [-0.39, 0.29) is 60.6 Å². The van der Waals surface area contributed by atoms with Gasteiger partial charge in [0.25, 0.3) is 5.88 Å². The van der Waals surface area contributed by atoms with E-state index >= 15 is 0 Å². The second kappa shape index (κ2) is 14.7. The van der Waals surface area contributed by atoms with Gasteiger partial charge in [0.1, 0.15) is 30.3 Å². The van der Waals surface area contributed by atoms with Crippen LogP contribution in [-0.2, 0) is 24.4 Å². The Balaban J connectivity index is 1.25. The van der Waals surface area contributed by atoms with Gasteiger partial charge < -0.3 is 29.5 Å². The number of Topliss-reactive ketones (excluding diaryl/α,β-unsaturated/α-hetero) is 2. The molecule has 10 nitrogen and oxygen atoms in total. The van der Waals surface area contributed by atoms with Gasteiger partial charge in [-0.1, -0.05) is 84.4 Å². The Hall–Kier alpha value is -5.00. The van der Waals surface area contributed by atoms with Gasteiger partial charge in [-0.25, -0.2) is 0 Å². The van der Waals surface area contributed by atoms with Crippen LogP contribution in [-0.4, -0.2) is 57.1 Å². The van der Waals surface area contributed by atoms with Crippen LogP contribution < -0.4 is 14.8 Å². The molecule has 1 unspecified atom stereocenters. The van der Waals surface area contributed by atoms with Crippen molar-refractivity contribution in [1.82, 2.24) is 15.4 Å². The lowest BCUT2D eigenvalue weighted by molar-refractivity contribution is -0.143. The Morgan fingerprint density at radius 3 is 2.28 bits per heavy atom. The highest BCUT2D eigenvalue weighted by atomic mass is 35.5. The molecule has 3 aliphatic carbocycles. The van der Waals surface area contributed by atoms with E-state index in [1.54, 1.807) is 12.2 Å². The van der Waals surface area contributed by atoms with Gasteiger partial charge in [0, 0.05) is 35.6 Å². The summed E-state index contributed by atoms with van der Waals surface area (Å²) < 4.78 is 18.4. The smallest absolute Gasteiger partial charge is 0.265 e. The maximum Gasteiger partial charge on any atom is 0.265 e. The number of aliphatic hydroxyl groups is 2. The molecule has 2 fully saturated rings. The number of hydrogen-bond donors (Lipinski definition) is 3. The quantitative estimate of drug-likeness (QED) is 0.100. The van der Waals surface area contributed by atoms with Gasteiger partial charge in [0.05, 0.1) is 11.6 Å². The average Bonchev–Trinajstić information content (AvgIpc) is 3.87. The van der Waals surface area contributed by atoms with Gasteiger partial charge in [-0.15, -0.1) is 13.2 Å². The van der Waals surface area contributed by atoms with E-state index in [0.717, 1.165) is 36.1 Å². The number of nitrogens with one attached hydrogen (secondary N) is 1. The number of carbonyl (C=O) groups excluding carboxylic acids is 2. The van der Waals surface area contributed by atoms with E-state index in [9.17, 15) is 19.8 Å². The van der Waals surface area contributed by atoms with Crippen molar-refractivity contribution < 1.29 is 33.8 Å². The highest BCUT2D eigenvalue weighted by Crippen LogP contribution is 2.57. The Kier molecular flexibility index (Phi) is 9.78. The van der Waals surface area contributed by atoms with Crippen molar-refractivity contribution in [3.8, 4) is 11.6 Å². The van der Waals surface area contributed by atoms with Gasteiger partial charge in [0.15, 0.2) is 11.4 Å². The number of aliphatic hydroxyl groups excluding tert-OH is 1. The molecule has 1 saturated heterocycles. The van der Waals surface area contributed by atoms with Gasteiger partial charge in [-0.05, 0) is 71.6 Å². The number of halogens is 1. The first kappa shape index (κ1) is 36.0. The molecular formula is C43H42ClN3O7. The van der Waals surface area contributed by atoms with Crippen molar-refractivity contribution in [3.05, 3.63) is 142 Å². The third kappa shape index (κ3) is 5.98. The Labute approximate surface area is 318 Å². The van der Waals surface area contributed by atoms with E-state index in [2.05, 4.69) is 23.6 Å². The summed E-state index contributed by atoms with van der Waals surface area (Å²) >= 11 is 7.24.